The zero-order valence-electron chi connectivity index (χ0n) is 12.0. The monoisotopic (exact) mass is 314 g/mol. The fraction of sp³-hybridized carbons (Fsp3) is 0.429. The van der Waals surface area contributed by atoms with Gasteiger partial charge in [-0.1, -0.05) is 23.7 Å². The second kappa shape index (κ2) is 8.49. The Morgan fingerprint density at radius 2 is 2.19 bits per heavy atom. The highest BCUT2D eigenvalue weighted by molar-refractivity contribution is 6.30. The number of carbonyl (C=O) groups excluding carboxylic acids is 1. The van der Waals surface area contributed by atoms with Gasteiger partial charge < -0.3 is 20.1 Å². The summed E-state index contributed by atoms with van der Waals surface area (Å²) in [7, 11) is 1.49. The highest BCUT2D eigenvalue weighted by Crippen LogP contribution is 2.17. The molecule has 116 valence electrons. The third-order valence-electron chi connectivity index (χ3n) is 2.87. The summed E-state index contributed by atoms with van der Waals surface area (Å²) in [5.41, 5.74) is 0.845. The Labute approximate surface area is 128 Å². The molecule has 2 N–H and O–H groups in total. The summed E-state index contributed by atoms with van der Waals surface area (Å²) in [6.45, 7) is 1.90. The molecule has 1 unspecified atom stereocenters. The van der Waals surface area contributed by atoms with E-state index in [1.165, 1.54) is 12.0 Å². The highest BCUT2D eigenvalue weighted by Gasteiger charge is 2.18. The molecule has 0 aliphatic rings. The lowest BCUT2D eigenvalue weighted by Crippen LogP contribution is -2.45. The molecule has 0 heterocycles. The Kier molecular flexibility index (Phi) is 6.98. The minimum Gasteiger partial charge on any atom is -0.480 e. The van der Waals surface area contributed by atoms with Crippen molar-refractivity contribution in [2.75, 3.05) is 26.8 Å². The van der Waals surface area contributed by atoms with Crippen molar-refractivity contribution in [1.82, 2.24) is 10.2 Å². The summed E-state index contributed by atoms with van der Waals surface area (Å²) < 4.78 is 4.88. The van der Waals surface area contributed by atoms with Crippen molar-refractivity contribution in [3.63, 3.8) is 0 Å². The quantitative estimate of drug-likeness (QED) is 0.808. The smallest absolute Gasteiger partial charge is 0.323 e. The number of aliphatic carboxylic acids is 1. The summed E-state index contributed by atoms with van der Waals surface area (Å²) >= 11 is 5.91. The minimum absolute atomic E-state index is 0.205. The summed E-state index contributed by atoms with van der Waals surface area (Å²) in [6, 6.07) is 6.39. The average molecular weight is 315 g/mol. The van der Waals surface area contributed by atoms with Crippen molar-refractivity contribution in [3.8, 4) is 0 Å². The van der Waals surface area contributed by atoms with Gasteiger partial charge in [-0.25, -0.2) is 4.79 Å². The molecule has 0 bridgehead atoms. The lowest BCUT2D eigenvalue weighted by Gasteiger charge is -2.23. The molecule has 0 fully saturated rings. The number of carboxylic acids is 1. The molecule has 0 saturated carbocycles. The van der Waals surface area contributed by atoms with E-state index in [9.17, 15) is 9.59 Å². The predicted molar refractivity (Wildman–Crippen MR) is 79.5 cm³/mol. The number of carboxylic acid groups (broad SMARTS) is 1. The first-order valence-corrected chi connectivity index (χ1v) is 6.83. The molecular formula is C14H19ClN2O4. The molecule has 1 rings (SSSR count). The zero-order chi connectivity index (χ0) is 15.8. The maximum Gasteiger partial charge on any atom is 0.323 e. The van der Waals surface area contributed by atoms with E-state index >= 15 is 0 Å². The number of carbonyl (C=O) groups is 2. The first-order valence-electron chi connectivity index (χ1n) is 6.45. The van der Waals surface area contributed by atoms with Gasteiger partial charge in [-0.3, -0.25) is 4.79 Å². The number of urea groups is 1. The molecule has 7 heteroatoms. The molecule has 1 atom stereocenters. The van der Waals surface area contributed by atoms with Gasteiger partial charge in [0, 0.05) is 18.7 Å². The molecule has 2 amide bonds. The number of nitrogens with zero attached hydrogens (tertiary/aromatic N) is 1. The van der Waals surface area contributed by atoms with Crippen LogP contribution in [-0.2, 0) is 9.53 Å². The maximum absolute atomic E-state index is 12.1. The molecule has 0 radical (unpaired) electrons. The third-order valence-corrected chi connectivity index (χ3v) is 3.10. The topological polar surface area (TPSA) is 78.9 Å². The van der Waals surface area contributed by atoms with Crippen LogP contribution < -0.4 is 5.32 Å². The van der Waals surface area contributed by atoms with Crippen LogP contribution in [-0.4, -0.2) is 48.8 Å². The van der Waals surface area contributed by atoms with E-state index in [2.05, 4.69) is 5.32 Å². The van der Waals surface area contributed by atoms with Crippen molar-refractivity contribution < 1.29 is 19.4 Å². The Morgan fingerprint density at radius 3 is 2.76 bits per heavy atom. The lowest BCUT2D eigenvalue weighted by atomic mass is 10.1. The Hall–Kier alpha value is -1.79. The number of hydrogen-bond acceptors (Lipinski definition) is 3. The normalized spacial score (nSPS) is 11.8. The van der Waals surface area contributed by atoms with Crippen LogP contribution >= 0.6 is 11.6 Å². The Morgan fingerprint density at radius 1 is 1.48 bits per heavy atom. The molecule has 0 aliphatic heterocycles. The first-order chi connectivity index (χ1) is 9.93. The fourth-order valence-electron chi connectivity index (χ4n) is 1.75. The van der Waals surface area contributed by atoms with Gasteiger partial charge in [-0.15, -0.1) is 0 Å². The largest absolute Gasteiger partial charge is 0.480 e. The molecule has 0 spiro atoms. The van der Waals surface area contributed by atoms with E-state index in [-0.39, 0.29) is 25.7 Å². The van der Waals surface area contributed by atoms with Crippen molar-refractivity contribution in [2.45, 2.75) is 13.0 Å². The number of halogens is 1. The number of nitrogens with one attached hydrogen (secondary N) is 1. The number of rotatable bonds is 7. The SMILES string of the molecule is COCCN(CC(=O)O)C(=O)NC(C)c1cccc(Cl)c1. The van der Waals surface area contributed by atoms with E-state index in [1.807, 2.05) is 6.07 Å². The van der Waals surface area contributed by atoms with Gasteiger partial charge in [-0.2, -0.15) is 0 Å². The number of ether oxygens (including phenoxy) is 1. The summed E-state index contributed by atoms with van der Waals surface area (Å²) in [5.74, 6) is -1.07. The average Bonchev–Trinajstić information content (AvgIpc) is 2.42. The second-order valence-corrected chi connectivity index (χ2v) is 4.97. The zero-order valence-corrected chi connectivity index (χ0v) is 12.8. The predicted octanol–water partition coefficient (Wildman–Crippen LogP) is 2.14. The summed E-state index contributed by atoms with van der Waals surface area (Å²) in [6.07, 6.45) is 0. The number of methoxy groups -OCH3 is 1. The van der Waals surface area contributed by atoms with Gasteiger partial charge in [0.1, 0.15) is 6.54 Å². The number of hydrogen-bond donors (Lipinski definition) is 2. The fourth-order valence-corrected chi connectivity index (χ4v) is 1.95. The van der Waals surface area contributed by atoms with Gasteiger partial charge in [-0.05, 0) is 24.6 Å². The van der Waals surface area contributed by atoms with E-state index in [0.29, 0.717) is 5.02 Å². The standard InChI is InChI=1S/C14H19ClN2O4/c1-10(11-4-3-5-12(15)8-11)16-14(20)17(6-7-21-2)9-13(18)19/h3-5,8,10H,6-7,9H2,1-2H3,(H,16,20)(H,18,19). The van der Waals surface area contributed by atoms with E-state index in [0.717, 1.165) is 5.56 Å². The van der Waals surface area contributed by atoms with E-state index in [4.69, 9.17) is 21.4 Å². The highest BCUT2D eigenvalue weighted by atomic mass is 35.5. The van der Waals surface area contributed by atoms with Gasteiger partial charge in [0.25, 0.3) is 0 Å². The van der Waals surface area contributed by atoms with Gasteiger partial charge in [0.15, 0.2) is 0 Å². The molecule has 0 saturated heterocycles. The molecule has 1 aromatic carbocycles. The first kappa shape index (κ1) is 17.3. The molecule has 6 nitrogen and oxygen atoms in total. The maximum atomic E-state index is 12.1. The van der Waals surface area contributed by atoms with Crippen molar-refractivity contribution in [3.05, 3.63) is 34.9 Å². The van der Waals surface area contributed by atoms with Crippen LogP contribution in [0, 0.1) is 0 Å². The van der Waals surface area contributed by atoms with E-state index < -0.39 is 12.0 Å². The molecule has 0 aliphatic carbocycles. The van der Waals surface area contributed by atoms with Crippen molar-refractivity contribution >= 4 is 23.6 Å². The summed E-state index contributed by atoms with van der Waals surface area (Å²) in [5, 5.41) is 12.2. The lowest BCUT2D eigenvalue weighted by molar-refractivity contribution is -0.137. The molecule has 0 aromatic heterocycles. The van der Waals surface area contributed by atoms with Crippen LogP contribution in [0.4, 0.5) is 4.79 Å². The van der Waals surface area contributed by atoms with Gasteiger partial charge >= 0.3 is 12.0 Å². The summed E-state index contributed by atoms with van der Waals surface area (Å²) in [4.78, 5) is 24.1. The van der Waals surface area contributed by atoms with Crippen LogP contribution in [0.3, 0.4) is 0 Å². The van der Waals surface area contributed by atoms with Crippen LogP contribution in [0.2, 0.25) is 5.02 Å². The van der Waals surface area contributed by atoms with Gasteiger partial charge in [0.2, 0.25) is 0 Å². The van der Waals surface area contributed by atoms with E-state index in [1.54, 1.807) is 25.1 Å². The Balaban J connectivity index is 2.68. The minimum atomic E-state index is -1.07. The van der Waals surface area contributed by atoms with Crippen LogP contribution in [0.1, 0.15) is 18.5 Å². The van der Waals surface area contributed by atoms with Crippen LogP contribution in [0.15, 0.2) is 24.3 Å². The van der Waals surface area contributed by atoms with Crippen molar-refractivity contribution in [2.24, 2.45) is 0 Å². The molecule has 21 heavy (non-hydrogen) atoms. The third kappa shape index (κ3) is 6.01. The second-order valence-electron chi connectivity index (χ2n) is 4.53. The van der Waals surface area contributed by atoms with Gasteiger partial charge in [0.05, 0.1) is 12.6 Å². The number of benzene rings is 1. The molecule has 1 aromatic rings. The Bertz CT molecular complexity index is 496. The molecular weight excluding hydrogens is 296 g/mol. The van der Waals surface area contributed by atoms with Crippen LogP contribution in [0.5, 0.6) is 0 Å². The van der Waals surface area contributed by atoms with Crippen LogP contribution in [0.25, 0.3) is 0 Å². The van der Waals surface area contributed by atoms with Crippen molar-refractivity contribution in [1.29, 1.82) is 0 Å². The number of amides is 2.